The van der Waals surface area contributed by atoms with E-state index in [1.165, 1.54) is 29.3 Å². The first-order valence-corrected chi connectivity index (χ1v) is 6.51. The van der Waals surface area contributed by atoms with E-state index in [1.54, 1.807) is 0 Å². The molecule has 0 aliphatic heterocycles. The first-order chi connectivity index (χ1) is 9.24. The molecule has 0 radical (unpaired) electrons. The van der Waals surface area contributed by atoms with Crippen molar-refractivity contribution in [1.82, 2.24) is 0 Å². The van der Waals surface area contributed by atoms with Gasteiger partial charge in [-0.15, -0.1) is 0 Å². The van der Waals surface area contributed by atoms with E-state index >= 15 is 0 Å². The summed E-state index contributed by atoms with van der Waals surface area (Å²) in [6.07, 6.45) is 2.65. The lowest BCUT2D eigenvalue weighted by Gasteiger charge is -2.26. The van der Waals surface area contributed by atoms with Crippen LogP contribution in [0.4, 0.5) is 14.5 Å². The van der Waals surface area contributed by atoms with Crippen molar-refractivity contribution in [3.05, 3.63) is 65.2 Å². The van der Waals surface area contributed by atoms with Crippen molar-refractivity contribution in [3.8, 4) is 0 Å². The minimum atomic E-state index is -0.529. The Labute approximate surface area is 111 Å². The highest BCUT2D eigenvalue weighted by molar-refractivity contribution is 5.48. The van der Waals surface area contributed by atoms with Crippen LogP contribution in [0.15, 0.2) is 42.5 Å². The summed E-state index contributed by atoms with van der Waals surface area (Å²) in [6, 6.07) is 12.3. The fourth-order valence-corrected chi connectivity index (χ4v) is 2.66. The molecular weight excluding hydrogens is 244 g/mol. The predicted octanol–water partition coefficient (Wildman–Crippen LogP) is 3.93. The van der Waals surface area contributed by atoms with E-state index in [9.17, 15) is 8.78 Å². The van der Waals surface area contributed by atoms with E-state index in [0.717, 1.165) is 19.3 Å². The van der Waals surface area contributed by atoms with E-state index < -0.39 is 11.6 Å². The molecule has 0 saturated carbocycles. The van der Waals surface area contributed by atoms with E-state index in [0.29, 0.717) is 0 Å². The van der Waals surface area contributed by atoms with E-state index in [4.69, 9.17) is 0 Å². The third kappa shape index (κ3) is 2.46. The van der Waals surface area contributed by atoms with Crippen LogP contribution in [-0.2, 0) is 12.8 Å². The van der Waals surface area contributed by atoms with Gasteiger partial charge in [0.1, 0.15) is 17.3 Å². The van der Waals surface area contributed by atoms with Crippen LogP contribution in [0.1, 0.15) is 17.5 Å². The number of rotatable bonds is 2. The third-order valence-electron chi connectivity index (χ3n) is 3.66. The highest BCUT2D eigenvalue weighted by Gasteiger charge is 2.20. The van der Waals surface area contributed by atoms with Crippen molar-refractivity contribution in [3.63, 3.8) is 0 Å². The molecule has 1 nitrogen and oxygen atoms in total. The molecule has 1 aliphatic rings. The Balaban J connectivity index is 1.79. The van der Waals surface area contributed by atoms with Crippen molar-refractivity contribution in [2.45, 2.75) is 25.3 Å². The largest absolute Gasteiger partial charge is 0.377 e. The summed E-state index contributed by atoms with van der Waals surface area (Å²) in [4.78, 5) is 0. The fraction of sp³-hybridized carbons (Fsp3) is 0.250. The highest BCUT2D eigenvalue weighted by atomic mass is 19.1. The zero-order valence-corrected chi connectivity index (χ0v) is 10.5. The van der Waals surface area contributed by atoms with Gasteiger partial charge in [0.15, 0.2) is 0 Å². The first-order valence-electron chi connectivity index (χ1n) is 6.51. The normalized spacial score (nSPS) is 17.9. The summed E-state index contributed by atoms with van der Waals surface area (Å²) in [5, 5.41) is 3.01. The van der Waals surface area contributed by atoms with E-state index in [2.05, 4.69) is 17.4 Å². The third-order valence-corrected chi connectivity index (χ3v) is 3.66. The average molecular weight is 259 g/mol. The Morgan fingerprint density at radius 3 is 2.32 bits per heavy atom. The lowest BCUT2D eigenvalue weighted by molar-refractivity contribution is 0.563. The predicted molar refractivity (Wildman–Crippen MR) is 72.2 cm³/mol. The molecule has 1 atom stereocenters. The Bertz CT molecular complexity index is 575. The maximum absolute atomic E-state index is 13.6. The Kier molecular flexibility index (Phi) is 3.20. The maximum atomic E-state index is 13.6. The summed E-state index contributed by atoms with van der Waals surface area (Å²) >= 11 is 0. The number of para-hydroxylation sites is 1. The molecule has 0 amide bonds. The van der Waals surface area contributed by atoms with Gasteiger partial charge in [0.2, 0.25) is 0 Å². The molecule has 19 heavy (non-hydrogen) atoms. The van der Waals surface area contributed by atoms with Gasteiger partial charge in [-0.25, -0.2) is 8.78 Å². The molecule has 98 valence electrons. The molecule has 1 N–H and O–H groups in total. The molecule has 0 saturated heterocycles. The minimum absolute atomic E-state index is 0.00752. The van der Waals surface area contributed by atoms with Crippen LogP contribution in [0, 0.1) is 11.6 Å². The topological polar surface area (TPSA) is 12.0 Å². The molecule has 2 aromatic carbocycles. The number of hydrogen-bond donors (Lipinski definition) is 1. The Morgan fingerprint density at radius 1 is 0.895 bits per heavy atom. The lowest BCUT2D eigenvalue weighted by atomic mass is 9.88. The number of hydrogen-bond acceptors (Lipinski definition) is 1. The van der Waals surface area contributed by atoms with Crippen LogP contribution in [0.5, 0.6) is 0 Å². The SMILES string of the molecule is Fc1cccc(F)c1NC1CCc2ccccc2C1. The van der Waals surface area contributed by atoms with Crippen LogP contribution in [0.2, 0.25) is 0 Å². The number of fused-ring (bicyclic) bond motifs is 1. The van der Waals surface area contributed by atoms with Crippen molar-refractivity contribution >= 4 is 5.69 Å². The van der Waals surface area contributed by atoms with Gasteiger partial charge in [0, 0.05) is 6.04 Å². The summed E-state index contributed by atoms with van der Waals surface area (Å²) in [7, 11) is 0. The number of aryl methyl sites for hydroxylation is 1. The smallest absolute Gasteiger partial charge is 0.149 e. The molecular formula is C16H15F2N. The zero-order valence-electron chi connectivity index (χ0n) is 10.5. The molecule has 1 unspecified atom stereocenters. The van der Waals surface area contributed by atoms with E-state index in [1.807, 2.05) is 12.1 Å². The monoisotopic (exact) mass is 259 g/mol. The first kappa shape index (κ1) is 12.2. The van der Waals surface area contributed by atoms with Gasteiger partial charge in [-0.2, -0.15) is 0 Å². The van der Waals surface area contributed by atoms with Crippen LogP contribution in [-0.4, -0.2) is 6.04 Å². The van der Waals surface area contributed by atoms with Crippen LogP contribution >= 0.6 is 0 Å². The quantitative estimate of drug-likeness (QED) is 0.861. The molecule has 0 heterocycles. The zero-order chi connectivity index (χ0) is 13.2. The van der Waals surface area contributed by atoms with E-state index in [-0.39, 0.29) is 11.7 Å². The second-order valence-corrected chi connectivity index (χ2v) is 4.95. The van der Waals surface area contributed by atoms with Gasteiger partial charge >= 0.3 is 0 Å². The van der Waals surface area contributed by atoms with Gasteiger partial charge in [0.25, 0.3) is 0 Å². The van der Waals surface area contributed by atoms with Crippen molar-refractivity contribution in [1.29, 1.82) is 0 Å². The maximum Gasteiger partial charge on any atom is 0.149 e. The molecule has 0 fully saturated rings. The van der Waals surface area contributed by atoms with Gasteiger partial charge in [0.05, 0.1) is 0 Å². The number of halogens is 2. The highest BCUT2D eigenvalue weighted by Crippen LogP contribution is 2.26. The van der Waals surface area contributed by atoms with Crippen LogP contribution in [0.3, 0.4) is 0 Å². The summed E-state index contributed by atoms with van der Waals surface area (Å²) in [5.74, 6) is -1.06. The summed E-state index contributed by atoms with van der Waals surface area (Å²) in [5.41, 5.74) is 2.60. The van der Waals surface area contributed by atoms with Crippen molar-refractivity contribution < 1.29 is 8.78 Å². The average Bonchev–Trinajstić information content (AvgIpc) is 2.43. The molecule has 3 heteroatoms. The fourth-order valence-electron chi connectivity index (χ4n) is 2.66. The second-order valence-electron chi connectivity index (χ2n) is 4.95. The van der Waals surface area contributed by atoms with Gasteiger partial charge in [-0.05, 0) is 42.5 Å². The van der Waals surface area contributed by atoms with Crippen LogP contribution in [0.25, 0.3) is 0 Å². The number of anilines is 1. The molecule has 1 aliphatic carbocycles. The van der Waals surface area contributed by atoms with Crippen molar-refractivity contribution in [2.24, 2.45) is 0 Å². The molecule has 3 rings (SSSR count). The Morgan fingerprint density at radius 2 is 1.58 bits per heavy atom. The second kappa shape index (κ2) is 5.00. The summed E-state index contributed by atoms with van der Waals surface area (Å²) < 4.78 is 27.2. The molecule has 0 bridgehead atoms. The molecule has 0 aromatic heterocycles. The van der Waals surface area contributed by atoms with Gasteiger partial charge in [-0.1, -0.05) is 30.3 Å². The number of nitrogens with one attached hydrogen (secondary N) is 1. The minimum Gasteiger partial charge on any atom is -0.377 e. The van der Waals surface area contributed by atoms with Gasteiger partial charge in [-0.3, -0.25) is 0 Å². The molecule has 0 spiro atoms. The van der Waals surface area contributed by atoms with Crippen molar-refractivity contribution in [2.75, 3.05) is 5.32 Å². The van der Waals surface area contributed by atoms with Gasteiger partial charge < -0.3 is 5.32 Å². The molecule has 2 aromatic rings. The number of benzene rings is 2. The lowest BCUT2D eigenvalue weighted by Crippen LogP contribution is -2.28. The summed E-state index contributed by atoms with van der Waals surface area (Å²) in [6.45, 7) is 0. The Hall–Kier alpha value is -1.90. The standard InChI is InChI=1S/C16H15F2N/c17-14-6-3-7-15(18)16(14)19-13-9-8-11-4-1-2-5-12(11)10-13/h1-7,13,19H,8-10H2. The van der Waals surface area contributed by atoms with Crippen LogP contribution < -0.4 is 5.32 Å².